The van der Waals surface area contributed by atoms with E-state index in [1.807, 2.05) is 10.8 Å². The van der Waals surface area contributed by atoms with E-state index in [0.29, 0.717) is 28.2 Å². The molecule has 1 aromatic heterocycles. The fourth-order valence-corrected chi connectivity index (χ4v) is 2.42. The molecular formula is C15H19BrN4O3. The number of hydrogen-bond acceptors (Lipinski definition) is 4. The molecular weight excluding hydrogens is 364 g/mol. The standard InChI is InChI=1S/C15H19BrN4O3/c1-22-13-8-11(16)12(9-14(13)23-2)19-15(21)18-4-3-6-20-7-5-17-10-20/h5,7-10H,3-4,6H2,1-2H3,(H2,18,19,21). The Morgan fingerprint density at radius 1 is 1.30 bits per heavy atom. The number of aryl methyl sites for hydroxylation is 1. The highest BCUT2D eigenvalue weighted by Gasteiger charge is 2.11. The molecule has 0 aliphatic rings. The van der Waals surface area contributed by atoms with Crippen molar-refractivity contribution in [3.05, 3.63) is 35.3 Å². The number of nitrogens with one attached hydrogen (secondary N) is 2. The molecule has 2 N–H and O–H groups in total. The number of benzene rings is 1. The number of anilines is 1. The van der Waals surface area contributed by atoms with Gasteiger partial charge in [-0.15, -0.1) is 0 Å². The number of ether oxygens (including phenoxy) is 2. The Bertz CT molecular complexity index is 646. The van der Waals surface area contributed by atoms with Gasteiger partial charge in [0, 0.05) is 42.1 Å². The summed E-state index contributed by atoms with van der Waals surface area (Å²) in [5.74, 6) is 1.14. The SMILES string of the molecule is COc1cc(Br)c(NC(=O)NCCCn2ccnc2)cc1OC. The molecule has 8 heteroatoms. The number of aromatic nitrogens is 2. The Morgan fingerprint density at radius 3 is 2.70 bits per heavy atom. The van der Waals surface area contributed by atoms with Crippen LogP contribution in [0.3, 0.4) is 0 Å². The van der Waals surface area contributed by atoms with Crippen LogP contribution in [0.5, 0.6) is 11.5 Å². The Hall–Kier alpha value is -2.22. The Labute approximate surface area is 143 Å². The van der Waals surface area contributed by atoms with E-state index in [-0.39, 0.29) is 6.03 Å². The van der Waals surface area contributed by atoms with E-state index in [9.17, 15) is 4.79 Å². The Balaban J connectivity index is 1.84. The largest absolute Gasteiger partial charge is 0.493 e. The topological polar surface area (TPSA) is 77.4 Å². The molecule has 0 fully saturated rings. The van der Waals surface area contributed by atoms with Gasteiger partial charge in [0.2, 0.25) is 0 Å². The second kappa shape index (κ2) is 8.42. The fraction of sp³-hybridized carbons (Fsp3) is 0.333. The number of urea groups is 1. The van der Waals surface area contributed by atoms with E-state index in [1.165, 1.54) is 0 Å². The van der Waals surface area contributed by atoms with Crippen molar-refractivity contribution in [2.24, 2.45) is 0 Å². The zero-order valence-electron chi connectivity index (χ0n) is 13.0. The molecule has 23 heavy (non-hydrogen) atoms. The number of hydrogen-bond donors (Lipinski definition) is 2. The van der Waals surface area contributed by atoms with Crippen LogP contribution in [0.15, 0.2) is 35.3 Å². The summed E-state index contributed by atoms with van der Waals surface area (Å²) in [5, 5.41) is 5.59. The normalized spacial score (nSPS) is 10.2. The van der Waals surface area contributed by atoms with Crippen LogP contribution in [0.1, 0.15) is 6.42 Å². The first kappa shape index (κ1) is 17.1. The molecule has 0 saturated carbocycles. The maximum atomic E-state index is 11.9. The number of amides is 2. The highest BCUT2D eigenvalue weighted by atomic mass is 79.9. The van der Waals surface area contributed by atoms with Gasteiger partial charge < -0.3 is 24.7 Å². The minimum atomic E-state index is -0.274. The van der Waals surface area contributed by atoms with Gasteiger partial charge >= 0.3 is 6.03 Å². The summed E-state index contributed by atoms with van der Waals surface area (Å²) in [6, 6.07) is 3.17. The molecule has 1 aromatic carbocycles. The quantitative estimate of drug-likeness (QED) is 0.721. The van der Waals surface area contributed by atoms with Crippen LogP contribution in [0.4, 0.5) is 10.5 Å². The predicted molar refractivity (Wildman–Crippen MR) is 91.1 cm³/mol. The van der Waals surface area contributed by atoms with Crippen LogP contribution in [-0.2, 0) is 6.54 Å². The van der Waals surface area contributed by atoms with Crippen molar-refractivity contribution in [2.45, 2.75) is 13.0 Å². The van der Waals surface area contributed by atoms with E-state index in [1.54, 1.807) is 38.9 Å². The minimum Gasteiger partial charge on any atom is -0.493 e. The molecule has 1 heterocycles. The molecule has 124 valence electrons. The molecule has 0 bridgehead atoms. The predicted octanol–water partition coefficient (Wildman–Crippen LogP) is 2.87. The third-order valence-corrected chi connectivity index (χ3v) is 3.82. The van der Waals surface area contributed by atoms with E-state index in [4.69, 9.17) is 9.47 Å². The summed E-state index contributed by atoms with van der Waals surface area (Å²) in [4.78, 5) is 15.9. The lowest BCUT2D eigenvalue weighted by atomic mass is 10.2. The van der Waals surface area contributed by atoms with Crippen molar-refractivity contribution in [1.82, 2.24) is 14.9 Å². The minimum absolute atomic E-state index is 0.274. The van der Waals surface area contributed by atoms with Gasteiger partial charge in [0.25, 0.3) is 0 Å². The summed E-state index contributed by atoms with van der Waals surface area (Å²) >= 11 is 3.40. The lowest BCUT2D eigenvalue weighted by molar-refractivity contribution is 0.252. The first-order valence-electron chi connectivity index (χ1n) is 7.06. The molecule has 0 radical (unpaired) electrons. The van der Waals surface area contributed by atoms with Crippen LogP contribution in [0.2, 0.25) is 0 Å². The van der Waals surface area contributed by atoms with E-state index < -0.39 is 0 Å². The molecule has 0 saturated heterocycles. The number of imidazole rings is 1. The first-order valence-corrected chi connectivity index (χ1v) is 7.85. The average molecular weight is 383 g/mol. The lowest BCUT2D eigenvalue weighted by Gasteiger charge is -2.13. The summed E-state index contributed by atoms with van der Waals surface area (Å²) in [6.07, 6.45) is 6.19. The fourth-order valence-electron chi connectivity index (χ4n) is 2.00. The summed E-state index contributed by atoms with van der Waals surface area (Å²) in [6.45, 7) is 1.37. The Kier molecular flexibility index (Phi) is 6.28. The van der Waals surface area contributed by atoms with Crippen molar-refractivity contribution in [2.75, 3.05) is 26.1 Å². The van der Waals surface area contributed by atoms with E-state index in [0.717, 1.165) is 13.0 Å². The number of carbonyl (C=O) groups is 1. The molecule has 0 spiro atoms. The zero-order chi connectivity index (χ0) is 16.7. The molecule has 0 unspecified atom stereocenters. The third kappa shape index (κ3) is 4.88. The number of halogens is 1. The van der Waals surface area contributed by atoms with Gasteiger partial charge in [-0.3, -0.25) is 0 Å². The second-order valence-electron chi connectivity index (χ2n) is 4.72. The van der Waals surface area contributed by atoms with E-state index >= 15 is 0 Å². The second-order valence-corrected chi connectivity index (χ2v) is 5.58. The maximum absolute atomic E-state index is 11.9. The van der Waals surface area contributed by atoms with Crippen LogP contribution in [0.25, 0.3) is 0 Å². The van der Waals surface area contributed by atoms with Gasteiger partial charge in [0.1, 0.15) is 0 Å². The molecule has 2 amide bonds. The Morgan fingerprint density at radius 2 is 2.04 bits per heavy atom. The molecule has 0 atom stereocenters. The first-order chi connectivity index (χ1) is 11.1. The number of methoxy groups -OCH3 is 2. The van der Waals surface area contributed by atoms with Crippen LogP contribution in [0, 0.1) is 0 Å². The smallest absolute Gasteiger partial charge is 0.319 e. The molecule has 0 aliphatic heterocycles. The van der Waals surface area contributed by atoms with Crippen molar-refractivity contribution in [3.8, 4) is 11.5 Å². The van der Waals surface area contributed by atoms with Crippen molar-refractivity contribution in [3.63, 3.8) is 0 Å². The molecule has 2 rings (SSSR count). The number of carbonyl (C=O) groups excluding carboxylic acids is 1. The van der Waals surface area contributed by atoms with Gasteiger partial charge in [-0.05, 0) is 22.4 Å². The maximum Gasteiger partial charge on any atom is 0.319 e. The van der Waals surface area contributed by atoms with Crippen molar-refractivity contribution >= 4 is 27.6 Å². The van der Waals surface area contributed by atoms with Crippen molar-refractivity contribution in [1.29, 1.82) is 0 Å². The molecule has 2 aromatic rings. The summed E-state index contributed by atoms with van der Waals surface area (Å²) in [5.41, 5.74) is 0.606. The summed E-state index contributed by atoms with van der Waals surface area (Å²) in [7, 11) is 3.11. The summed E-state index contributed by atoms with van der Waals surface area (Å²) < 4.78 is 13.1. The zero-order valence-corrected chi connectivity index (χ0v) is 14.6. The molecule has 0 aliphatic carbocycles. The monoisotopic (exact) mass is 382 g/mol. The van der Waals surface area contributed by atoms with Crippen LogP contribution >= 0.6 is 15.9 Å². The van der Waals surface area contributed by atoms with E-state index in [2.05, 4.69) is 31.5 Å². The van der Waals surface area contributed by atoms with Gasteiger partial charge in [-0.25, -0.2) is 9.78 Å². The van der Waals surface area contributed by atoms with Crippen LogP contribution < -0.4 is 20.1 Å². The third-order valence-electron chi connectivity index (χ3n) is 3.16. The van der Waals surface area contributed by atoms with Gasteiger partial charge in [-0.2, -0.15) is 0 Å². The van der Waals surface area contributed by atoms with Gasteiger partial charge in [0.05, 0.1) is 26.2 Å². The highest BCUT2D eigenvalue weighted by Crippen LogP contribution is 2.36. The molecule has 7 nitrogen and oxygen atoms in total. The van der Waals surface area contributed by atoms with Crippen LogP contribution in [-0.4, -0.2) is 36.3 Å². The number of nitrogens with zero attached hydrogens (tertiary/aromatic N) is 2. The van der Waals surface area contributed by atoms with Gasteiger partial charge in [-0.1, -0.05) is 0 Å². The number of rotatable bonds is 7. The van der Waals surface area contributed by atoms with Gasteiger partial charge in [0.15, 0.2) is 11.5 Å². The lowest BCUT2D eigenvalue weighted by Crippen LogP contribution is -2.30. The highest BCUT2D eigenvalue weighted by molar-refractivity contribution is 9.10. The van der Waals surface area contributed by atoms with Crippen molar-refractivity contribution < 1.29 is 14.3 Å². The average Bonchev–Trinajstić information content (AvgIpc) is 3.06.